The molecule has 0 N–H and O–H groups in total. The van der Waals surface area contributed by atoms with Gasteiger partial charge in [0.1, 0.15) is 5.75 Å². The second kappa shape index (κ2) is 6.49. The summed E-state index contributed by atoms with van der Waals surface area (Å²) in [6, 6.07) is 2.17. The van der Waals surface area contributed by atoms with E-state index >= 15 is 0 Å². The van der Waals surface area contributed by atoms with Crippen LogP contribution in [0.5, 0.6) is 5.75 Å². The molecule has 0 aliphatic rings. The van der Waals surface area contributed by atoms with Crippen molar-refractivity contribution in [2.45, 2.75) is 19.1 Å². The Morgan fingerprint density at radius 1 is 1.35 bits per heavy atom. The highest BCUT2D eigenvalue weighted by Crippen LogP contribution is 2.31. The Kier molecular flexibility index (Phi) is 4.83. The molecule has 126 valence electrons. The number of fused-ring (bicyclic) bond motifs is 1. The molecule has 1 aromatic heterocycles. The quantitative estimate of drug-likeness (QED) is 0.769. The van der Waals surface area contributed by atoms with Crippen molar-refractivity contribution in [3.05, 3.63) is 27.7 Å². The summed E-state index contributed by atoms with van der Waals surface area (Å²) in [5.41, 5.74) is 0.0243. The largest absolute Gasteiger partial charge is 0.482 e. The molecule has 0 atom stereocenters. The molecule has 0 fully saturated rings. The molecule has 11 heteroatoms. The maximum atomic E-state index is 12.1. The highest BCUT2D eigenvalue weighted by atomic mass is 35.5. The lowest BCUT2D eigenvalue weighted by Gasteiger charge is -2.10. The molecule has 0 saturated carbocycles. The van der Waals surface area contributed by atoms with Gasteiger partial charge in [-0.15, -0.1) is 0 Å². The average Bonchev–Trinajstić information content (AvgIpc) is 2.76. The van der Waals surface area contributed by atoms with Crippen LogP contribution >= 0.6 is 11.6 Å². The number of halogens is 5. The first kappa shape index (κ1) is 17.1. The Bertz CT molecular complexity index is 782. The number of alkyl halides is 3. The first-order valence-electron chi connectivity index (χ1n) is 6.05. The molecule has 0 bridgehead atoms. The lowest BCUT2D eigenvalue weighted by molar-refractivity contribution is -0.183. The number of hydrogen-bond acceptors (Lipinski definition) is 5. The molecule has 1 heterocycles. The van der Waals surface area contributed by atoms with Crippen molar-refractivity contribution in [3.8, 4) is 5.75 Å². The number of aryl methyl sites for hydroxylation is 1. The summed E-state index contributed by atoms with van der Waals surface area (Å²) >= 11 is 5.80. The maximum absolute atomic E-state index is 12.1. The average molecular weight is 358 g/mol. The first-order chi connectivity index (χ1) is 10.7. The number of oxazole rings is 1. The fourth-order valence-corrected chi connectivity index (χ4v) is 2.00. The first-order valence-corrected chi connectivity index (χ1v) is 6.43. The lowest BCUT2D eigenvalue weighted by atomic mass is 10.3. The molecule has 0 aliphatic carbocycles. The Morgan fingerprint density at radius 3 is 2.65 bits per heavy atom. The van der Waals surface area contributed by atoms with Crippen molar-refractivity contribution in [1.82, 2.24) is 4.57 Å². The lowest BCUT2D eigenvalue weighted by Crippen LogP contribution is -2.19. The summed E-state index contributed by atoms with van der Waals surface area (Å²) in [6.45, 7) is -1.82. The van der Waals surface area contributed by atoms with E-state index in [2.05, 4.69) is 9.68 Å². The normalized spacial score (nSPS) is 11.7. The number of carbonyl (C=O) groups excluding carboxylic acids is 1. The molecule has 23 heavy (non-hydrogen) atoms. The van der Waals surface area contributed by atoms with E-state index in [0.29, 0.717) is 0 Å². The SMILES string of the molecule is O=C(CCn1c(=O)oc2cc(OCC(F)(F)F)c(Cl)cc21)OF. The summed E-state index contributed by atoms with van der Waals surface area (Å²) in [4.78, 5) is 25.4. The highest BCUT2D eigenvalue weighted by Gasteiger charge is 2.29. The van der Waals surface area contributed by atoms with E-state index in [1.54, 1.807) is 0 Å². The summed E-state index contributed by atoms with van der Waals surface area (Å²) < 4.78 is 58.4. The minimum absolute atomic E-state index is 0.0924. The molecule has 2 rings (SSSR count). The number of rotatable bonds is 5. The predicted molar refractivity (Wildman–Crippen MR) is 68.9 cm³/mol. The highest BCUT2D eigenvalue weighted by molar-refractivity contribution is 6.32. The Balaban J connectivity index is 2.31. The van der Waals surface area contributed by atoms with Crippen LogP contribution in [0.3, 0.4) is 0 Å². The topological polar surface area (TPSA) is 70.7 Å². The number of ether oxygens (including phenoxy) is 1. The third kappa shape index (κ3) is 4.15. The fraction of sp³-hybridized carbons (Fsp3) is 0.333. The zero-order chi connectivity index (χ0) is 17.2. The van der Waals surface area contributed by atoms with E-state index in [4.69, 9.17) is 16.0 Å². The number of hydrogen-bond donors (Lipinski definition) is 0. The van der Waals surface area contributed by atoms with Crippen molar-refractivity contribution in [2.24, 2.45) is 0 Å². The molecular weight excluding hydrogens is 350 g/mol. The zero-order valence-corrected chi connectivity index (χ0v) is 11.9. The van der Waals surface area contributed by atoms with E-state index < -0.39 is 30.9 Å². The standard InChI is InChI=1S/C12H8ClF4NO5/c13-6-3-7-9(4-8(6)21-5-12(14,15)16)22-11(20)18(7)2-1-10(19)23-17/h3-4H,1-2,5H2. The van der Waals surface area contributed by atoms with Crippen LogP contribution in [-0.2, 0) is 16.3 Å². The molecule has 0 spiro atoms. The van der Waals surface area contributed by atoms with Crippen LogP contribution in [0, 0.1) is 0 Å². The second-order valence-electron chi connectivity index (χ2n) is 4.37. The van der Waals surface area contributed by atoms with Gasteiger partial charge in [0.25, 0.3) is 0 Å². The maximum Gasteiger partial charge on any atom is 0.422 e. The molecule has 1 aromatic carbocycles. The number of nitrogens with zero attached hydrogens (tertiary/aromatic N) is 1. The van der Waals surface area contributed by atoms with E-state index in [1.165, 1.54) is 0 Å². The van der Waals surface area contributed by atoms with Gasteiger partial charge < -0.3 is 9.15 Å². The van der Waals surface area contributed by atoms with Gasteiger partial charge in [0.05, 0.1) is 17.0 Å². The van der Waals surface area contributed by atoms with Gasteiger partial charge in [0.15, 0.2) is 12.2 Å². The van der Waals surface area contributed by atoms with E-state index in [0.717, 1.165) is 16.7 Å². The van der Waals surface area contributed by atoms with Crippen LogP contribution in [0.15, 0.2) is 21.3 Å². The van der Waals surface area contributed by atoms with E-state index in [9.17, 15) is 27.3 Å². The van der Waals surface area contributed by atoms with Gasteiger partial charge in [-0.25, -0.2) is 9.59 Å². The predicted octanol–water partition coefficient (Wildman–Crippen LogP) is 3.01. The van der Waals surface area contributed by atoms with Crippen molar-refractivity contribution >= 4 is 28.7 Å². The van der Waals surface area contributed by atoms with Gasteiger partial charge in [-0.05, 0) is 6.07 Å². The van der Waals surface area contributed by atoms with Crippen molar-refractivity contribution < 1.29 is 36.6 Å². The molecule has 0 unspecified atom stereocenters. The van der Waals surface area contributed by atoms with Crippen LogP contribution in [0.4, 0.5) is 17.7 Å². The molecule has 2 aromatic rings. The van der Waals surface area contributed by atoms with Crippen LogP contribution in [0.1, 0.15) is 6.42 Å². The van der Waals surface area contributed by atoms with Gasteiger partial charge in [-0.1, -0.05) is 11.6 Å². The summed E-state index contributed by atoms with van der Waals surface area (Å²) in [6.07, 6.45) is -5.01. The molecular formula is C12H8ClF4NO5. The zero-order valence-electron chi connectivity index (χ0n) is 11.2. The van der Waals surface area contributed by atoms with Crippen molar-refractivity contribution in [3.63, 3.8) is 0 Å². The minimum atomic E-state index is -4.56. The summed E-state index contributed by atoms with van der Waals surface area (Å²) in [5, 5.41) is -0.190. The molecule has 0 aliphatic heterocycles. The third-order valence-corrected chi connectivity index (χ3v) is 3.03. The van der Waals surface area contributed by atoms with Gasteiger partial charge >= 0.3 is 17.9 Å². The Labute approximate surface area is 130 Å². The van der Waals surface area contributed by atoms with Gasteiger partial charge in [-0.3, -0.25) is 9.51 Å². The summed E-state index contributed by atoms with van der Waals surface area (Å²) in [5.74, 6) is -2.40. The monoisotopic (exact) mass is 357 g/mol. The number of aromatic nitrogens is 1. The second-order valence-corrected chi connectivity index (χ2v) is 4.78. The molecule has 0 radical (unpaired) electrons. The smallest absolute Gasteiger partial charge is 0.422 e. The summed E-state index contributed by atoms with van der Waals surface area (Å²) in [7, 11) is 0. The van der Waals surface area contributed by atoms with Crippen molar-refractivity contribution in [2.75, 3.05) is 6.61 Å². The van der Waals surface area contributed by atoms with Gasteiger partial charge in [0.2, 0.25) is 0 Å². The number of carbonyl (C=O) groups is 1. The molecule has 6 nitrogen and oxygen atoms in total. The van der Waals surface area contributed by atoms with Crippen molar-refractivity contribution in [1.29, 1.82) is 0 Å². The van der Waals surface area contributed by atoms with Crippen LogP contribution in [-0.4, -0.2) is 23.3 Å². The van der Waals surface area contributed by atoms with Crippen LogP contribution < -0.4 is 10.5 Å². The third-order valence-electron chi connectivity index (χ3n) is 2.74. The molecule has 0 saturated heterocycles. The molecule has 0 amide bonds. The Hall–Kier alpha value is -2.23. The Morgan fingerprint density at radius 2 is 2.04 bits per heavy atom. The fourth-order valence-electron chi connectivity index (χ4n) is 1.79. The van der Waals surface area contributed by atoms with Crippen LogP contribution in [0.2, 0.25) is 5.02 Å². The van der Waals surface area contributed by atoms with E-state index in [-0.39, 0.29) is 28.4 Å². The van der Waals surface area contributed by atoms with Gasteiger partial charge in [-0.2, -0.15) is 13.2 Å². The van der Waals surface area contributed by atoms with E-state index in [1.807, 2.05) is 0 Å². The van der Waals surface area contributed by atoms with Gasteiger partial charge in [0, 0.05) is 17.1 Å². The number of benzene rings is 1. The van der Waals surface area contributed by atoms with Crippen LogP contribution in [0.25, 0.3) is 11.1 Å². The minimum Gasteiger partial charge on any atom is -0.482 e.